The van der Waals surface area contributed by atoms with Crippen molar-refractivity contribution in [3.05, 3.63) is 9.93 Å². The standard InChI is InChI=1S/C15H21N3O6S2/c1-6(19)15(24)13(23)18-9(11(21)22)12(26-14(15)18)25-7-4-8(16-5-7)10(20)17(2)3/h6-8,14,16,19,24H,4-5H2,1-3H3,(H,21,22)/t6-,7+,8+,14-,15-/m1/s1. The van der Waals surface area contributed by atoms with Crippen molar-refractivity contribution in [3.63, 3.8) is 0 Å². The minimum atomic E-state index is -1.98. The Kier molecular flexibility index (Phi) is 5.03. The molecule has 26 heavy (non-hydrogen) atoms. The summed E-state index contributed by atoms with van der Waals surface area (Å²) in [5.41, 5.74) is -2.15. The van der Waals surface area contributed by atoms with Gasteiger partial charge in [0.05, 0.1) is 16.4 Å². The van der Waals surface area contributed by atoms with Crippen LogP contribution in [0, 0.1) is 0 Å². The number of aliphatic hydroxyl groups excluding tert-OH is 1. The SMILES string of the molecule is C[C@@H](O)[C@@]1(O)C(=O)N2C(C(=O)O)=C(S[C@@H]3CN[C@H](C(=O)N(C)C)C3)S[C@@H]21. The number of carbonyl (C=O) groups excluding carboxylic acids is 2. The van der Waals surface area contributed by atoms with Crippen molar-refractivity contribution in [2.75, 3.05) is 20.6 Å². The zero-order chi connectivity index (χ0) is 19.4. The number of fused-ring (bicyclic) bond motifs is 1. The van der Waals surface area contributed by atoms with Crippen LogP contribution in [0.15, 0.2) is 9.93 Å². The molecule has 9 nitrogen and oxygen atoms in total. The quantitative estimate of drug-likeness (QED) is 0.419. The second kappa shape index (κ2) is 6.71. The molecule has 3 aliphatic rings. The van der Waals surface area contributed by atoms with Crippen LogP contribution in [0.4, 0.5) is 0 Å². The number of thioether (sulfide) groups is 2. The van der Waals surface area contributed by atoms with Crippen molar-refractivity contribution in [1.82, 2.24) is 15.1 Å². The molecule has 0 aromatic carbocycles. The van der Waals surface area contributed by atoms with Gasteiger partial charge in [0, 0.05) is 25.9 Å². The van der Waals surface area contributed by atoms with Crippen LogP contribution in [0.25, 0.3) is 0 Å². The maximum atomic E-state index is 12.3. The molecule has 2 fully saturated rings. The van der Waals surface area contributed by atoms with Crippen LogP contribution >= 0.6 is 23.5 Å². The average Bonchev–Trinajstić information content (AvgIpc) is 3.16. The van der Waals surface area contributed by atoms with E-state index in [1.54, 1.807) is 14.1 Å². The number of hydrogen-bond acceptors (Lipinski definition) is 8. The molecule has 4 N–H and O–H groups in total. The third-order valence-corrected chi connectivity index (χ3v) is 7.65. The molecule has 0 aliphatic carbocycles. The molecule has 11 heteroatoms. The second-order valence-corrected chi connectivity index (χ2v) is 9.42. The third-order valence-electron chi connectivity index (χ3n) is 4.77. The lowest BCUT2D eigenvalue weighted by Gasteiger charge is -2.50. The summed E-state index contributed by atoms with van der Waals surface area (Å²) in [6.07, 6.45) is -0.767. The van der Waals surface area contributed by atoms with Gasteiger partial charge in [0.15, 0.2) is 11.3 Å². The van der Waals surface area contributed by atoms with E-state index < -0.39 is 29.0 Å². The molecule has 0 radical (unpaired) electrons. The Morgan fingerprint density at radius 3 is 2.65 bits per heavy atom. The van der Waals surface area contributed by atoms with Crippen LogP contribution in [0.5, 0.6) is 0 Å². The Labute approximate surface area is 158 Å². The largest absolute Gasteiger partial charge is 0.477 e. The van der Waals surface area contributed by atoms with E-state index in [-0.39, 0.29) is 22.9 Å². The molecule has 5 atom stereocenters. The van der Waals surface area contributed by atoms with E-state index in [4.69, 9.17) is 0 Å². The number of carboxylic acids is 1. The fourth-order valence-corrected chi connectivity index (χ4v) is 6.51. The summed E-state index contributed by atoms with van der Waals surface area (Å²) in [4.78, 5) is 38.5. The average molecular weight is 403 g/mol. The van der Waals surface area contributed by atoms with Gasteiger partial charge >= 0.3 is 5.97 Å². The summed E-state index contributed by atoms with van der Waals surface area (Å²) in [7, 11) is 3.35. The van der Waals surface area contributed by atoms with Gasteiger partial charge in [-0.15, -0.1) is 11.8 Å². The molecule has 2 saturated heterocycles. The molecule has 144 valence electrons. The predicted molar refractivity (Wildman–Crippen MR) is 96.0 cm³/mol. The van der Waals surface area contributed by atoms with Gasteiger partial charge in [0.1, 0.15) is 5.37 Å². The lowest BCUT2D eigenvalue weighted by atomic mass is 9.86. The van der Waals surface area contributed by atoms with E-state index >= 15 is 0 Å². The number of hydrogen-bond donors (Lipinski definition) is 4. The fraction of sp³-hybridized carbons (Fsp3) is 0.667. The minimum Gasteiger partial charge on any atom is -0.477 e. The first kappa shape index (κ1) is 19.5. The Bertz CT molecular complexity index is 697. The number of β-lactam (4-membered cyclic amide) rings is 1. The Hall–Kier alpha value is -1.27. The van der Waals surface area contributed by atoms with Crippen LogP contribution in [0.3, 0.4) is 0 Å². The minimum absolute atomic E-state index is 0.0332. The zero-order valence-electron chi connectivity index (χ0n) is 14.5. The number of rotatable bonds is 5. The predicted octanol–water partition coefficient (Wildman–Crippen LogP) is -1.18. The van der Waals surface area contributed by atoms with Gasteiger partial charge < -0.3 is 25.5 Å². The van der Waals surface area contributed by atoms with Gasteiger partial charge in [-0.3, -0.25) is 14.5 Å². The van der Waals surface area contributed by atoms with Crippen LogP contribution in [-0.2, 0) is 14.4 Å². The maximum absolute atomic E-state index is 12.3. The number of amides is 2. The van der Waals surface area contributed by atoms with Crippen LogP contribution in [0.1, 0.15) is 13.3 Å². The highest BCUT2D eigenvalue weighted by Crippen LogP contribution is 2.56. The molecule has 0 bridgehead atoms. The maximum Gasteiger partial charge on any atom is 0.354 e. The van der Waals surface area contributed by atoms with Crippen molar-refractivity contribution >= 4 is 41.3 Å². The molecule has 2 amide bonds. The molecule has 0 unspecified atom stereocenters. The number of aliphatic carboxylic acids is 1. The number of carboxylic acid groups (broad SMARTS) is 1. The summed E-state index contributed by atoms with van der Waals surface area (Å²) < 4.78 is 0.414. The number of carbonyl (C=O) groups is 3. The number of aliphatic hydroxyl groups is 2. The smallest absolute Gasteiger partial charge is 0.354 e. The van der Waals surface area contributed by atoms with Crippen molar-refractivity contribution in [1.29, 1.82) is 0 Å². The monoisotopic (exact) mass is 403 g/mol. The van der Waals surface area contributed by atoms with Gasteiger partial charge in [-0.25, -0.2) is 4.79 Å². The van der Waals surface area contributed by atoms with Crippen LogP contribution < -0.4 is 5.32 Å². The van der Waals surface area contributed by atoms with Gasteiger partial charge in [0.2, 0.25) is 5.91 Å². The Balaban J connectivity index is 1.75. The van der Waals surface area contributed by atoms with E-state index in [9.17, 15) is 29.7 Å². The highest BCUT2D eigenvalue weighted by Gasteiger charge is 2.68. The fourth-order valence-electron chi connectivity index (χ4n) is 3.26. The van der Waals surface area contributed by atoms with E-state index in [1.807, 2.05) is 0 Å². The molecule has 3 heterocycles. The summed E-state index contributed by atoms with van der Waals surface area (Å²) in [5.74, 6) is -2.10. The molecular weight excluding hydrogens is 382 g/mol. The number of nitrogens with one attached hydrogen (secondary N) is 1. The first-order valence-electron chi connectivity index (χ1n) is 8.08. The highest BCUT2D eigenvalue weighted by atomic mass is 32.2. The first-order valence-corrected chi connectivity index (χ1v) is 9.84. The number of likely N-dealkylation sites (N-methyl/N-ethyl adjacent to an activating group) is 1. The molecular formula is C15H21N3O6S2. The number of nitrogens with zero attached hydrogens (tertiary/aromatic N) is 2. The molecule has 3 aliphatic heterocycles. The first-order chi connectivity index (χ1) is 12.1. The summed E-state index contributed by atoms with van der Waals surface area (Å²) in [5, 5.41) is 31.9. The Morgan fingerprint density at radius 1 is 1.46 bits per heavy atom. The normalized spacial score (nSPS) is 34.6. The van der Waals surface area contributed by atoms with Gasteiger partial charge in [-0.2, -0.15) is 0 Å². The third kappa shape index (κ3) is 2.82. The highest BCUT2D eigenvalue weighted by molar-refractivity contribution is 8.23. The lowest BCUT2D eigenvalue weighted by molar-refractivity contribution is -0.193. The van der Waals surface area contributed by atoms with Gasteiger partial charge in [0.25, 0.3) is 5.91 Å². The van der Waals surface area contributed by atoms with Crippen LogP contribution in [0.2, 0.25) is 0 Å². The van der Waals surface area contributed by atoms with Gasteiger partial charge in [-0.1, -0.05) is 11.8 Å². The molecule has 0 saturated carbocycles. The molecule has 0 aromatic heterocycles. The second-order valence-electron chi connectivity index (χ2n) is 6.76. The molecule has 0 aromatic rings. The molecule has 0 spiro atoms. The summed E-state index contributed by atoms with van der Waals surface area (Å²) >= 11 is 2.36. The van der Waals surface area contributed by atoms with Gasteiger partial charge in [-0.05, 0) is 13.3 Å². The van der Waals surface area contributed by atoms with Crippen molar-refractivity contribution in [2.24, 2.45) is 0 Å². The summed E-state index contributed by atoms with van der Waals surface area (Å²) in [6.45, 7) is 1.84. The van der Waals surface area contributed by atoms with Crippen LogP contribution in [-0.4, -0.2) is 91.9 Å². The van der Waals surface area contributed by atoms with Crippen molar-refractivity contribution in [2.45, 2.75) is 41.7 Å². The van der Waals surface area contributed by atoms with E-state index in [0.29, 0.717) is 17.2 Å². The van der Waals surface area contributed by atoms with E-state index in [2.05, 4.69) is 5.32 Å². The van der Waals surface area contributed by atoms with Crippen molar-refractivity contribution in [3.8, 4) is 0 Å². The van der Waals surface area contributed by atoms with E-state index in [0.717, 1.165) is 16.7 Å². The van der Waals surface area contributed by atoms with E-state index in [1.165, 1.54) is 23.6 Å². The Morgan fingerprint density at radius 2 is 2.12 bits per heavy atom. The molecule has 3 rings (SSSR count). The topological polar surface area (TPSA) is 130 Å². The van der Waals surface area contributed by atoms with Crippen molar-refractivity contribution < 1.29 is 29.7 Å². The lowest BCUT2D eigenvalue weighted by Crippen LogP contribution is -2.75. The summed E-state index contributed by atoms with van der Waals surface area (Å²) in [6, 6.07) is -0.323. The zero-order valence-corrected chi connectivity index (χ0v) is 16.1.